The Labute approximate surface area is 110 Å². The van der Waals surface area contributed by atoms with Gasteiger partial charge in [0.25, 0.3) is 0 Å². The number of rotatable bonds is 1. The van der Waals surface area contributed by atoms with Gasteiger partial charge in [0.1, 0.15) is 0 Å². The van der Waals surface area contributed by atoms with Gasteiger partial charge in [-0.05, 0) is 19.1 Å². The van der Waals surface area contributed by atoms with Gasteiger partial charge >= 0.3 is 0 Å². The maximum absolute atomic E-state index is 2.40. The molecule has 0 radical (unpaired) electrons. The molecule has 0 nitrogen and oxygen atoms in total. The van der Waals surface area contributed by atoms with Crippen LogP contribution >= 0.6 is 11.8 Å². The Morgan fingerprint density at radius 1 is 0.875 bits per heavy atom. The van der Waals surface area contributed by atoms with Gasteiger partial charge in [0.05, 0.1) is 0 Å². The molecule has 0 unspecified atom stereocenters. The van der Waals surface area contributed by atoms with Gasteiger partial charge < -0.3 is 0 Å². The van der Waals surface area contributed by atoms with Gasteiger partial charge in [-0.2, -0.15) is 11.8 Å². The second-order valence-corrected chi connectivity index (χ2v) is 5.32. The van der Waals surface area contributed by atoms with E-state index in [1.54, 1.807) is 0 Å². The first-order valence-corrected chi connectivity index (χ1v) is 8.46. The van der Waals surface area contributed by atoms with E-state index in [4.69, 9.17) is 0 Å². The molecule has 1 saturated carbocycles. The van der Waals surface area contributed by atoms with Crippen LogP contribution in [0.1, 0.15) is 87.0 Å². The lowest BCUT2D eigenvalue weighted by atomic mass is 9.90. The minimum absolute atomic E-state index is 0.637. The van der Waals surface area contributed by atoms with Gasteiger partial charge in [0.2, 0.25) is 0 Å². The van der Waals surface area contributed by atoms with E-state index in [0.717, 1.165) is 0 Å². The summed E-state index contributed by atoms with van der Waals surface area (Å²) in [4.78, 5) is 0. The lowest BCUT2D eigenvalue weighted by Gasteiger charge is -2.31. The summed E-state index contributed by atoms with van der Waals surface area (Å²) in [7, 11) is 0. The van der Waals surface area contributed by atoms with Crippen LogP contribution in [0, 0.1) is 0 Å². The SMILES string of the molecule is CC.CC.CCC.CSC1(C)CCCCC1. The standard InChI is InChI=1S/C8H16S.C3H8.2C2H6/c1-8(9-2)6-4-3-5-7-8;1-3-2;2*1-2/h3-7H2,1-2H3;3H2,1-2H3;2*1-2H3. The Bertz CT molecular complexity index is 93.6. The molecule has 0 N–H and O–H groups in total. The molecule has 0 aliphatic heterocycles. The third-order valence-electron chi connectivity index (χ3n) is 2.40. The quantitative estimate of drug-likeness (QED) is 0.507. The minimum atomic E-state index is 0.637. The smallest absolute Gasteiger partial charge is 0.0129 e. The molecule has 1 rings (SSSR count). The lowest BCUT2D eigenvalue weighted by molar-refractivity contribution is 0.422. The summed E-state index contributed by atoms with van der Waals surface area (Å²) in [6, 6.07) is 0. The summed E-state index contributed by atoms with van der Waals surface area (Å²) in [6.45, 7) is 14.6. The van der Waals surface area contributed by atoms with Gasteiger partial charge in [-0.25, -0.2) is 0 Å². The van der Waals surface area contributed by atoms with Crippen molar-refractivity contribution in [1.82, 2.24) is 0 Å². The second kappa shape index (κ2) is 17.7. The molecular weight excluding hydrogens is 212 g/mol. The first-order valence-electron chi connectivity index (χ1n) is 7.23. The zero-order chi connectivity index (χ0) is 13.4. The summed E-state index contributed by atoms with van der Waals surface area (Å²) in [5, 5.41) is 0. The van der Waals surface area contributed by atoms with Gasteiger partial charge in [0, 0.05) is 4.75 Å². The molecular formula is C15H36S. The van der Waals surface area contributed by atoms with E-state index in [2.05, 4.69) is 27.0 Å². The largest absolute Gasteiger partial charge is 0.159 e. The molecule has 0 atom stereocenters. The Kier molecular flexibility index (Phi) is 24.0. The van der Waals surface area contributed by atoms with Crippen molar-refractivity contribution in [1.29, 1.82) is 0 Å². The zero-order valence-corrected chi connectivity index (χ0v) is 14.0. The number of thioether (sulfide) groups is 1. The Morgan fingerprint density at radius 3 is 1.38 bits per heavy atom. The molecule has 0 heterocycles. The van der Waals surface area contributed by atoms with Crippen LogP contribution in [-0.2, 0) is 0 Å². The molecule has 16 heavy (non-hydrogen) atoms. The van der Waals surface area contributed by atoms with E-state index in [0.29, 0.717) is 4.75 Å². The van der Waals surface area contributed by atoms with Gasteiger partial charge in [-0.15, -0.1) is 0 Å². The fourth-order valence-corrected chi connectivity index (χ4v) is 2.20. The van der Waals surface area contributed by atoms with Crippen LogP contribution < -0.4 is 0 Å². The van der Waals surface area contributed by atoms with Crippen molar-refractivity contribution < 1.29 is 0 Å². The topological polar surface area (TPSA) is 0 Å². The minimum Gasteiger partial charge on any atom is -0.159 e. The fraction of sp³-hybridized carbons (Fsp3) is 1.00. The molecule has 1 heteroatoms. The highest BCUT2D eigenvalue weighted by molar-refractivity contribution is 7.99. The summed E-state index contributed by atoms with van der Waals surface area (Å²) in [5.41, 5.74) is 0. The van der Waals surface area contributed by atoms with Crippen LogP contribution in [0.2, 0.25) is 0 Å². The lowest BCUT2D eigenvalue weighted by Crippen LogP contribution is -2.22. The summed E-state index contributed by atoms with van der Waals surface area (Å²) >= 11 is 2.05. The average Bonchev–Trinajstić information content (AvgIpc) is 2.36. The number of hydrogen-bond acceptors (Lipinski definition) is 1. The molecule has 0 aromatic carbocycles. The molecule has 1 aliphatic rings. The first kappa shape index (κ1) is 21.6. The van der Waals surface area contributed by atoms with E-state index in [1.807, 2.05) is 39.5 Å². The van der Waals surface area contributed by atoms with Crippen LogP contribution in [0.4, 0.5) is 0 Å². The molecule has 1 aliphatic carbocycles. The van der Waals surface area contributed by atoms with Crippen molar-refractivity contribution in [3.63, 3.8) is 0 Å². The first-order chi connectivity index (χ1) is 7.68. The maximum Gasteiger partial charge on any atom is 0.0129 e. The van der Waals surface area contributed by atoms with Crippen LogP contribution in [0.5, 0.6) is 0 Å². The van der Waals surface area contributed by atoms with Gasteiger partial charge in [0.15, 0.2) is 0 Å². The Balaban J connectivity index is -0.000000206. The van der Waals surface area contributed by atoms with Crippen molar-refractivity contribution in [3.05, 3.63) is 0 Å². The number of hydrogen-bond donors (Lipinski definition) is 0. The van der Waals surface area contributed by atoms with Crippen LogP contribution in [0.25, 0.3) is 0 Å². The third kappa shape index (κ3) is 14.4. The Hall–Kier alpha value is 0.350. The van der Waals surface area contributed by atoms with Gasteiger partial charge in [-0.1, -0.05) is 74.1 Å². The van der Waals surface area contributed by atoms with Crippen LogP contribution in [0.15, 0.2) is 0 Å². The molecule has 0 aromatic rings. The summed E-state index contributed by atoms with van der Waals surface area (Å²) < 4.78 is 0.637. The van der Waals surface area contributed by atoms with Crippen LogP contribution in [0.3, 0.4) is 0 Å². The molecule has 0 saturated heterocycles. The average molecular weight is 249 g/mol. The maximum atomic E-state index is 2.40. The highest BCUT2D eigenvalue weighted by atomic mass is 32.2. The van der Waals surface area contributed by atoms with Crippen LogP contribution in [-0.4, -0.2) is 11.0 Å². The molecule has 0 bridgehead atoms. The second-order valence-electron chi connectivity index (χ2n) is 3.92. The van der Waals surface area contributed by atoms with E-state index in [9.17, 15) is 0 Å². The van der Waals surface area contributed by atoms with E-state index >= 15 is 0 Å². The molecule has 0 aromatic heterocycles. The Morgan fingerprint density at radius 2 is 1.19 bits per heavy atom. The van der Waals surface area contributed by atoms with Crippen molar-refractivity contribution >= 4 is 11.8 Å². The molecule has 1 fully saturated rings. The van der Waals surface area contributed by atoms with Crippen molar-refractivity contribution in [3.8, 4) is 0 Å². The highest BCUT2D eigenvalue weighted by Crippen LogP contribution is 2.37. The summed E-state index contributed by atoms with van der Waals surface area (Å²) in [5.74, 6) is 0. The monoisotopic (exact) mass is 248 g/mol. The molecule has 102 valence electrons. The van der Waals surface area contributed by atoms with E-state index in [1.165, 1.54) is 38.5 Å². The van der Waals surface area contributed by atoms with Crippen molar-refractivity contribution in [2.24, 2.45) is 0 Å². The molecule has 0 spiro atoms. The summed E-state index contributed by atoms with van der Waals surface area (Å²) in [6.07, 6.45) is 10.7. The normalized spacial score (nSPS) is 16.5. The van der Waals surface area contributed by atoms with E-state index in [-0.39, 0.29) is 0 Å². The molecule has 0 amide bonds. The highest BCUT2D eigenvalue weighted by Gasteiger charge is 2.24. The van der Waals surface area contributed by atoms with E-state index < -0.39 is 0 Å². The van der Waals surface area contributed by atoms with Gasteiger partial charge in [-0.3, -0.25) is 0 Å². The zero-order valence-electron chi connectivity index (χ0n) is 13.2. The van der Waals surface area contributed by atoms with Crippen molar-refractivity contribution in [2.45, 2.75) is 91.7 Å². The third-order valence-corrected chi connectivity index (χ3v) is 3.80. The predicted octanol–water partition coefficient (Wildman–Crippen LogP) is 6.54. The van der Waals surface area contributed by atoms with Crippen molar-refractivity contribution in [2.75, 3.05) is 6.26 Å². The fourth-order valence-electron chi connectivity index (χ4n) is 1.50. The predicted molar refractivity (Wildman–Crippen MR) is 83.7 cm³/mol.